The van der Waals surface area contributed by atoms with E-state index in [-0.39, 0.29) is 17.1 Å². The zero-order valence-electron chi connectivity index (χ0n) is 11.1. The Labute approximate surface area is 118 Å². The van der Waals surface area contributed by atoms with Gasteiger partial charge in [-0.25, -0.2) is 4.39 Å². The minimum absolute atomic E-state index is 0.151. The number of hydrogen-bond donors (Lipinski definition) is 1. The van der Waals surface area contributed by atoms with Crippen LogP contribution < -0.4 is 5.32 Å². The van der Waals surface area contributed by atoms with E-state index in [0.717, 1.165) is 0 Å². The quantitative estimate of drug-likeness (QED) is 0.818. The fraction of sp³-hybridized carbons (Fsp3) is 0.250. The van der Waals surface area contributed by atoms with E-state index in [1.165, 1.54) is 11.6 Å². The van der Waals surface area contributed by atoms with E-state index in [1.54, 1.807) is 17.8 Å². The molecule has 100 valence electrons. The van der Waals surface area contributed by atoms with Crippen LogP contribution in [0.2, 0.25) is 0 Å². The summed E-state index contributed by atoms with van der Waals surface area (Å²) in [7, 11) is 1.94. The number of halogens is 1. The number of rotatable bonds is 5. The maximum absolute atomic E-state index is 13.7. The highest BCUT2D eigenvalue weighted by Gasteiger charge is 2.19. The molecule has 2 unspecified atom stereocenters. The van der Waals surface area contributed by atoms with E-state index in [9.17, 15) is 4.39 Å². The van der Waals surface area contributed by atoms with Crippen LogP contribution in [0, 0.1) is 5.82 Å². The molecule has 0 bridgehead atoms. The van der Waals surface area contributed by atoms with Crippen molar-refractivity contribution in [2.24, 2.45) is 0 Å². The second-order valence-electron chi connectivity index (χ2n) is 4.43. The molecule has 2 aromatic rings. The van der Waals surface area contributed by atoms with Crippen molar-refractivity contribution >= 4 is 11.8 Å². The highest BCUT2D eigenvalue weighted by Crippen LogP contribution is 2.33. The van der Waals surface area contributed by atoms with Crippen molar-refractivity contribution < 1.29 is 4.39 Å². The van der Waals surface area contributed by atoms with E-state index >= 15 is 0 Å². The van der Waals surface area contributed by atoms with Crippen LogP contribution >= 0.6 is 11.8 Å². The summed E-state index contributed by atoms with van der Waals surface area (Å²) in [6.45, 7) is 2.12. The van der Waals surface area contributed by atoms with Gasteiger partial charge in [-0.1, -0.05) is 49.4 Å². The van der Waals surface area contributed by atoms with Crippen LogP contribution in [0.15, 0.2) is 59.5 Å². The molecule has 0 spiro atoms. The second-order valence-corrected chi connectivity index (χ2v) is 5.85. The first kappa shape index (κ1) is 14.1. The van der Waals surface area contributed by atoms with Crippen molar-refractivity contribution in [1.29, 1.82) is 0 Å². The zero-order valence-corrected chi connectivity index (χ0v) is 12.0. The van der Waals surface area contributed by atoms with E-state index in [0.29, 0.717) is 4.90 Å². The first-order chi connectivity index (χ1) is 9.22. The summed E-state index contributed by atoms with van der Waals surface area (Å²) < 4.78 is 13.7. The predicted octanol–water partition coefficient (Wildman–Crippen LogP) is 4.27. The molecule has 0 heterocycles. The normalized spacial score (nSPS) is 14.1. The molecule has 0 radical (unpaired) electrons. The predicted molar refractivity (Wildman–Crippen MR) is 80.0 cm³/mol. The van der Waals surface area contributed by atoms with Crippen LogP contribution in [-0.2, 0) is 0 Å². The highest BCUT2D eigenvalue weighted by molar-refractivity contribution is 8.00. The van der Waals surface area contributed by atoms with Crippen LogP contribution in [0.1, 0.15) is 18.5 Å². The topological polar surface area (TPSA) is 12.0 Å². The lowest BCUT2D eigenvalue weighted by atomic mass is 10.0. The monoisotopic (exact) mass is 275 g/mol. The van der Waals surface area contributed by atoms with Gasteiger partial charge in [0.2, 0.25) is 0 Å². The third-order valence-electron chi connectivity index (χ3n) is 3.09. The van der Waals surface area contributed by atoms with Gasteiger partial charge < -0.3 is 5.32 Å². The standard InChI is InChI=1S/C16H18FNS/c1-12(19-15-11-7-6-10-14(15)17)16(18-2)13-8-4-3-5-9-13/h3-12,16,18H,1-2H3. The second kappa shape index (κ2) is 6.73. The summed E-state index contributed by atoms with van der Waals surface area (Å²) in [5.41, 5.74) is 1.22. The molecule has 0 saturated heterocycles. The molecule has 0 fully saturated rings. The number of benzene rings is 2. The molecule has 0 saturated carbocycles. The summed E-state index contributed by atoms with van der Waals surface area (Å²) in [6.07, 6.45) is 0. The van der Waals surface area contributed by atoms with Crippen molar-refractivity contribution in [3.8, 4) is 0 Å². The Morgan fingerprint density at radius 1 is 1.00 bits per heavy atom. The highest BCUT2D eigenvalue weighted by atomic mass is 32.2. The average molecular weight is 275 g/mol. The molecule has 3 heteroatoms. The van der Waals surface area contributed by atoms with Crippen molar-refractivity contribution in [3.05, 3.63) is 66.0 Å². The Morgan fingerprint density at radius 2 is 1.63 bits per heavy atom. The van der Waals surface area contributed by atoms with Gasteiger partial charge in [0.05, 0.1) is 0 Å². The van der Waals surface area contributed by atoms with E-state index in [4.69, 9.17) is 0 Å². The first-order valence-electron chi connectivity index (χ1n) is 6.35. The number of thioether (sulfide) groups is 1. The Bertz CT molecular complexity index is 515. The van der Waals surface area contributed by atoms with Gasteiger partial charge in [-0.15, -0.1) is 11.8 Å². The van der Waals surface area contributed by atoms with Crippen LogP contribution in [0.25, 0.3) is 0 Å². The number of hydrogen-bond acceptors (Lipinski definition) is 2. The Morgan fingerprint density at radius 3 is 2.26 bits per heavy atom. The molecule has 0 aliphatic rings. The maximum Gasteiger partial charge on any atom is 0.136 e. The van der Waals surface area contributed by atoms with Crippen LogP contribution in [0.5, 0.6) is 0 Å². The largest absolute Gasteiger partial charge is 0.312 e. The molecule has 1 nitrogen and oxygen atoms in total. The average Bonchev–Trinajstić information content (AvgIpc) is 2.43. The lowest BCUT2D eigenvalue weighted by molar-refractivity contribution is 0.582. The van der Waals surface area contributed by atoms with Crippen molar-refractivity contribution in [2.75, 3.05) is 7.05 Å². The molecule has 0 amide bonds. The van der Waals surface area contributed by atoms with Gasteiger partial charge in [0.25, 0.3) is 0 Å². The summed E-state index contributed by atoms with van der Waals surface area (Å²) in [4.78, 5) is 0.700. The van der Waals surface area contributed by atoms with Gasteiger partial charge in [-0.2, -0.15) is 0 Å². The van der Waals surface area contributed by atoms with Crippen molar-refractivity contribution in [3.63, 3.8) is 0 Å². The molecular weight excluding hydrogens is 257 g/mol. The third kappa shape index (κ3) is 3.58. The van der Waals surface area contributed by atoms with Crippen LogP contribution in [0.3, 0.4) is 0 Å². The van der Waals surface area contributed by atoms with E-state index < -0.39 is 0 Å². The third-order valence-corrected chi connectivity index (χ3v) is 4.32. The SMILES string of the molecule is CNC(c1ccccc1)C(C)Sc1ccccc1F. The molecule has 0 aromatic heterocycles. The van der Waals surface area contributed by atoms with Gasteiger partial charge >= 0.3 is 0 Å². The Balaban J connectivity index is 2.14. The summed E-state index contributed by atoms with van der Waals surface area (Å²) in [5, 5.41) is 3.55. The molecular formula is C16H18FNS. The van der Waals surface area contributed by atoms with Crippen LogP contribution in [0.4, 0.5) is 4.39 Å². The molecule has 0 aliphatic carbocycles. The minimum Gasteiger partial charge on any atom is -0.312 e. The summed E-state index contributed by atoms with van der Waals surface area (Å²) in [6, 6.07) is 17.4. The van der Waals surface area contributed by atoms with Crippen molar-refractivity contribution in [2.45, 2.75) is 23.1 Å². The fourth-order valence-electron chi connectivity index (χ4n) is 2.14. The maximum atomic E-state index is 13.7. The van der Waals surface area contributed by atoms with Gasteiger partial charge in [-0.3, -0.25) is 0 Å². The molecule has 19 heavy (non-hydrogen) atoms. The van der Waals surface area contributed by atoms with Crippen molar-refractivity contribution in [1.82, 2.24) is 5.32 Å². The molecule has 2 aromatic carbocycles. The lowest BCUT2D eigenvalue weighted by Crippen LogP contribution is -2.25. The first-order valence-corrected chi connectivity index (χ1v) is 7.23. The molecule has 2 rings (SSSR count). The molecule has 0 aliphatic heterocycles. The minimum atomic E-state index is -0.151. The number of nitrogens with one attached hydrogen (secondary N) is 1. The lowest BCUT2D eigenvalue weighted by Gasteiger charge is -2.23. The van der Waals surface area contributed by atoms with Gasteiger partial charge in [0.1, 0.15) is 5.82 Å². The summed E-state index contributed by atoms with van der Waals surface area (Å²) >= 11 is 1.56. The van der Waals surface area contributed by atoms with Gasteiger partial charge in [0, 0.05) is 16.2 Å². The Kier molecular flexibility index (Phi) is 5.00. The van der Waals surface area contributed by atoms with E-state index in [2.05, 4.69) is 24.4 Å². The molecule has 1 N–H and O–H groups in total. The Hall–Kier alpha value is -1.32. The fourth-order valence-corrected chi connectivity index (χ4v) is 3.31. The smallest absolute Gasteiger partial charge is 0.136 e. The molecule has 2 atom stereocenters. The van der Waals surface area contributed by atoms with Gasteiger partial charge in [0.15, 0.2) is 0 Å². The summed E-state index contributed by atoms with van der Waals surface area (Å²) in [5.74, 6) is -0.151. The van der Waals surface area contributed by atoms with Crippen LogP contribution in [-0.4, -0.2) is 12.3 Å². The zero-order chi connectivity index (χ0) is 13.7. The van der Waals surface area contributed by atoms with Gasteiger partial charge in [-0.05, 0) is 24.7 Å². The van der Waals surface area contributed by atoms with E-state index in [1.807, 2.05) is 37.4 Å².